The molecule has 1 saturated carbocycles. The van der Waals surface area contributed by atoms with Gasteiger partial charge in [0.25, 0.3) is 0 Å². The van der Waals surface area contributed by atoms with E-state index in [1.54, 1.807) is 13.3 Å². The van der Waals surface area contributed by atoms with Crippen molar-refractivity contribution in [2.24, 2.45) is 4.99 Å². The van der Waals surface area contributed by atoms with Crippen molar-refractivity contribution in [1.82, 2.24) is 20.5 Å². The Balaban J connectivity index is 0.00000341. The van der Waals surface area contributed by atoms with Crippen LogP contribution in [0.25, 0.3) is 0 Å². The van der Waals surface area contributed by atoms with Crippen LogP contribution in [-0.4, -0.2) is 81.6 Å². The minimum Gasteiger partial charge on any atom is -0.475 e. The molecule has 9 heteroatoms. The highest BCUT2D eigenvalue weighted by atomic mass is 127. The SMILES string of the molecule is CN=C(NCc1cccnc1OCCOC)NCC1(N2CCOCC2)CCCCC1.I. The van der Waals surface area contributed by atoms with Crippen LogP contribution in [-0.2, 0) is 16.0 Å². The summed E-state index contributed by atoms with van der Waals surface area (Å²) in [6.07, 6.45) is 8.14. The zero-order valence-electron chi connectivity index (χ0n) is 18.9. The molecular formula is C22H38IN5O3. The van der Waals surface area contributed by atoms with Crippen LogP contribution in [0, 0.1) is 0 Å². The van der Waals surface area contributed by atoms with Gasteiger partial charge in [-0.15, -0.1) is 24.0 Å². The quantitative estimate of drug-likeness (QED) is 0.213. The molecule has 31 heavy (non-hydrogen) atoms. The smallest absolute Gasteiger partial charge is 0.218 e. The molecule has 2 fully saturated rings. The summed E-state index contributed by atoms with van der Waals surface area (Å²) in [7, 11) is 3.48. The molecule has 0 aromatic carbocycles. The van der Waals surface area contributed by atoms with Gasteiger partial charge in [0.2, 0.25) is 5.88 Å². The van der Waals surface area contributed by atoms with Gasteiger partial charge in [-0.3, -0.25) is 9.89 Å². The number of morpholine rings is 1. The van der Waals surface area contributed by atoms with E-state index in [1.807, 2.05) is 19.2 Å². The number of aliphatic imine (C=N–C) groups is 1. The average molecular weight is 547 g/mol. The fourth-order valence-electron chi connectivity index (χ4n) is 4.41. The van der Waals surface area contributed by atoms with Gasteiger partial charge in [0.15, 0.2) is 5.96 Å². The summed E-state index contributed by atoms with van der Waals surface area (Å²) in [5.41, 5.74) is 1.19. The van der Waals surface area contributed by atoms with Gasteiger partial charge in [-0.2, -0.15) is 0 Å². The normalized spacial score (nSPS) is 19.4. The van der Waals surface area contributed by atoms with Crippen LogP contribution < -0.4 is 15.4 Å². The maximum absolute atomic E-state index is 5.74. The van der Waals surface area contributed by atoms with Gasteiger partial charge < -0.3 is 24.8 Å². The monoisotopic (exact) mass is 547 g/mol. The molecule has 8 nitrogen and oxygen atoms in total. The molecule has 1 aromatic heterocycles. The number of pyridine rings is 1. The Morgan fingerprint density at radius 2 is 1.97 bits per heavy atom. The Bertz CT molecular complexity index is 664. The van der Waals surface area contributed by atoms with Crippen molar-refractivity contribution in [3.8, 4) is 5.88 Å². The van der Waals surface area contributed by atoms with E-state index >= 15 is 0 Å². The van der Waals surface area contributed by atoms with Crippen LogP contribution >= 0.6 is 24.0 Å². The lowest BCUT2D eigenvalue weighted by Gasteiger charge is -2.48. The molecule has 1 aliphatic heterocycles. The number of guanidine groups is 1. The maximum atomic E-state index is 5.74. The molecule has 0 bridgehead atoms. The van der Waals surface area contributed by atoms with E-state index in [0.717, 1.165) is 44.4 Å². The molecule has 1 aliphatic carbocycles. The van der Waals surface area contributed by atoms with E-state index in [2.05, 4.69) is 25.5 Å². The third-order valence-corrected chi connectivity index (χ3v) is 6.10. The second kappa shape index (κ2) is 14.1. The third kappa shape index (κ3) is 7.73. The lowest BCUT2D eigenvalue weighted by Crippen LogP contribution is -2.60. The minimum atomic E-state index is 0. The van der Waals surface area contributed by atoms with E-state index in [-0.39, 0.29) is 29.5 Å². The van der Waals surface area contributed by atoms with E-state index in [1.165, 1.54) is 32.1 Å². The predicted octanol–water partition coefficient (Wildman–Crippen LogP) is 2.42. The summed E-state index contributed by atoms with van der Waals surface area (Å²) in [4.78, 5) is 11.4. The summed E-state index contributed by atoms with van der Waals surface area (Å²) in [6, 6.07) is 3.94. The largest absolute Gasteiger partial charge is 0.475 e. The summed E-state index contributed by atoms with van der Waals surface area (Å²) in [5.74, 6) is 1.44. The molecule has 1 saturated heterocycles. The second-order valence-electron chi connectivity index (χ2n) is 7.97. The molecule has 176 valence electrons. The molecule has 0 radical (unpaired) electrons. The molecular weight excluding hydrogens is 509 g/mol. The molecule has 1 aromatic rings. The van der Waals surface area contributed by atoms with Crippen molar-refractivity contribution < 1.29 is 14.2 Å². The van der Waals surface area contributed by atoms with Crippen LogP contribution in [0.5, 0.6) is 5.88 Å². The zero-order chi connectivity index (χ0) is 21.1. The van der Waals surface area contributed by atoms with Crippen molar-refractivity contribution in [3.05, 3.63) is 23.9 Å². The van der Waals surface area contributed by atoms with Crippen LogP contribution in [0.2, 0.25) is 0 Å². The summed E-state index contributed by atoms with van der Waals surface area (Å²) in [5, 5.41) is 7.02. The van der Waals surface area contributed by atoms with Crippen molar-refractivity contribution in [3.63, 3.8) is 0 Å². The fourth-order valence-corrected chi connectivity index (χ4v) is 4.41. The topological polar surface area (TPSA) is 80.2 Å². The van der Waals surface area contributed by atoms with Crippen molar-refractivity contribution >= 4 is 29.9 Å². The van der Waals surface area contributed by atoms with Crippen molar-refractivity contribution in [2.75, 3.05) is 60.2 Å². The van der Waals surface area contributed by atoms with Gasteiger partial charge >= 0.3 is 0 Å². The number of hydrogen-bond acceptors (Lipinski definition) is 6. The Morgan fingerprint density at radius 3 is 2.68 bits per heavy atom. The molecule has 2 aliphatic rings. The van der Waals surface area contributed by atoms with Gasteiger partial charge in [0.1, 0.15) is 6.61 Å². The molecule has 2 N–H and O–H groups in total. The van der Waals surface area contributed by atoms with Crippen molar-refractivity contribution in [1.29, 1.82) is 0 Å². The number of rotatable bonds is 9. The first-order valence-electron chi connectivity index (χ1n) is 11.1. The highest BCUT2D eigenvalue weighted by molar-refractivity contribution is 14.0. The van der Waals surface area contributed by atoms with Crippen LogP contribution in [0.4, 0.5) is 0 Å². The molecule has 0 atom stereocenters. The zero-order valence-corrected chi connectivity index (χ0v) is 21.2. The maximum Gasteiger partial charge on any atom is 0.218 e. The number of ether oxygens (including phenoxy) is 3. The standard InChI is InChI=1S/C22H37N5O3.HI/c1-23-21(25-17-19-7-6-10-24-20(19)30-16-15-28-2)26-18-22(8-4-3-5-9-22)27-11-13-29-14-12-27;/h6-7,10H,3-5,8-9,11-18H2,1-2H3,(H2,23,25,26);1H. The third-order valence-electron chi connectivity index (χ3n) is 6.10. The van der Waals surface area contributed by atoms with Crippen molar-refractivity contribution in [2.45, 2.75) is 44.2 Å². The van der Waals surface area contributed by atoms with Gasteiger partial charge in [-0.1, -0.05) is 25.3 Å². The van der Waals surface area contributed by atoms with Gasteiger partial charge in [0, 0.05) is 57.6 Å². The summed E-state index contributed by atoms with van der Waals surface area (Å²) in [6.45, 7) is 6.23. The van der Waals surface area contributed by atoms with Crippen LogP contribution in [0.3, 0.4) is 0 Å². The fraction of sp³-hybridized carbons (Fsp3) is 0.727. The number of nitrogens with one attached hydrogen (secondary N) is 2. The number of methoxy groups -OCH3 is 1. The number of aromatic nitrogens is 1. The first-order valence-corrected chi connectivity index (χ1v) is 11.1. The minimum absolute atomic E-state index is 0. The first-order chi connectivity index (χ1) is 14.8. The van der Waals surface area contributed by atoms with Gasteiger partial charge in [-0.25, -0.2) is 4.98 Å². The summed E-state index contributed by atoms with van der Waals surface area (Å²) < 4.78 is 16.4. The highest BCUT2D eigenvalue weighted by Crippen LogP contribution is 2.33. The Kier molecular flexibility index (Phi) is 11.8. The predicted molar refractivity (Wildman–Crippen MR) is 133 cm³/mol. The average Bonchev–Trinajstić information content (AvgIpc) is 2.81. The molecule has 0 unspecified atom stereocenters. The lowest BCUT2D eigenvalue weighted by molar-refractivity contribution is -0.0352. The number of halogens is 1. The first kappa shape index (κ1) is 26.1. The number of hydrogen-bond donors (Lipinski definition) is 2. The van der Waals surface area contributed by atoms with E-state index in [9.17, 15) is 0 Å². The summed E-state index contributed by atoms with van der Waals surface area (Å²) >= 11 is 0. The second-order valence-corrected chi connectivity index (χ2v) is 7.97. The molecule has 0 spiro atoms. The molecule has 2 heterocycles. The Labute approximate surface area is 203 Å². The molecule has 3 rings (SSSR count). The van der Waals surface area contributed by atoms with Gasteiger partial charge in [0.05, 0.1) is 19.8 Å². The lowest BCUT2D eigenvalue weighted by atomic mass is 9.80. The molecule has 0 amide bonds. The highest BCUT2D eigenvalue weighted by Gasteiger charge is 2.38. The van der Waals surface area contributed by atoms with Crippen LogP contribution in [0.15, 0.2) is 23.3 Å². The Hall–Kier alpha value is -1.17. The van der Waals surface area contributed by atoms with E-state index in [4.69, 9.17) is 14.2 Å². The van der Waals surface area contributed by atoms with E-state index < -0.39 is 0 Å². The van der Waals surface area contributed by atoms with E-state index in [0.29, 0.717) is 25.6 Å². The Morgan fingerprint density at radius 1 is 1.19 bits per heavy atom. The van der Waals surface area contributed by atoms with Crippen LogP contribution in [0.1, 0.15) is 37.7 Å². The van der Waals surface area contributed by atoms with Gasteiger partial charge in [-0.05, 0) is 18.9 Å². The number of nitrogens with zero attached hydrogens (tertiary/aromatic N) is 3.